The predicted molar refractivity (Wildman–Crippen MR) is 104 cm³/mol. The molecule has 130 valence electrons. The number of benzene rings is 1. The highest BCUT2D eigenvalue weighted by Gasteiger charge is 2.18. The normalized spacial score (nSPS) is 16.5. The fourth-order valence-electron chi connectivity index (χ4n) is 3.15. The standard InChI is InChI=1S/C18H19BrN4OS/c19-15-3-1-14(2-4-15)12-21-5-7-22(8-6-21)13-16-11-17(24)23-9-10-25-18(23)20-16/h1-4,9-11H,5-8,12-13H2. The third-order valence-corrected chi connectivity index (χ3v) is 5.81. The Bertz CT molecular complexity index is 913. The van der Waals surface area contributed by atoms with E-state index in [-0.39, 0.29) is 5.56 Å². The monoisotopic (exact) mass is 418 g/mol. The molecule has 1 aliphatic heterocycles. The van der Waals surface area contributed by atoms with Gasteiger partial charge in [-0.25, -0.2) is 4.98 Å². The van der Waals surface area contributed by atoms with Gasteiger partial charge in [0.15, 0.2) is 4.96 Å². The van der Waals surface area contributed by atoms with E-state index in [1.165, 1.54) is 16.9 Å². The fourth-order valence-corrected chi connectivity index (χ4v) is 4.15. The molecule has 0 spiro atoms. The number of rotatable bonds is 4. The van der Waals surface area contributed by atoms with Gasteiger partial charge >= 0.3 is 0 Å². The molecule has 1 aromatic carbocycles. The van der Waals surface area contributed by atoms with Gasteiger partial charge in [-0.05, 0) is 17.7 Å². The van der Waals surface area contributed by atoms with Crippen LogP contribution in [0.2, 0.25) is 0 Å². The van der Waals surface area contributed by atoms with Crippen molar-refractivity contribution in [2.75, 3.05) is 26.2 Å². The van der Waals surface area contributed by atoms with E-state index in [1.807, 2.05) is 5.38 Å². The van der Waals surface area contributed by atoms with E-state index in [1.54, 1.807) is 16.7 Å². The van der Waals surface area contributed by atoms with Crippen LogP contribution in [0.15, 0.2) is 51.2 Å². The number of hydrogen-bond donors (Lipinski definition) is 0. The molecule has 0 bridgehead atoms. The molecule has 1 saturated heterocycles. The van der Waals surface area contributed by atoms with Gasteiger partial charge in [-0.2, -0.15) is 0 Å². The third-order valence-electron chi connectivity index (χ3n) is 4.53. The number of hydrogen-bond acceptors (Lipinski definition) is 5. The quantitative estimate of drug-likeness (QED) is 0.652. The van der Waals surface area contributed by atoms with Crippen molar-refractivity contribution in [2.45, 2.75) is 13.1 Å². The van der Waals surface area contributed by atoms with E-state index in [2.05, 4.69) is 55.0 Å². The summed E-state index contributed by atoms with van der Waals surface area (Å²) in [6, 6.07) is 10.2. The van der Waals surface area contributed by atoms with Crippen molar-refractivity contribution in [3.8, 4) is 0 Å². The Balaban J connectivity index is 1.35. The van der Waals surface area contributed by atoms with Crippen molar-refractivity contribution >= 4 is 32.2 Å². The SMILES string of the molecule is O=c1cc(CN2CCN(Cc3ccc(Br)cc3)CC2)nc2sccn12. The molecular weight excluding hydrogens is 400 g/mol. The van der Waals surface area contributed by atoms with Gasteiger partial charge in [-0.15, -0.1) is 11.3 Å². The average Bonchev–Trinajstić information content (AvgIpc) is 3.08. The topological polar surface area (TPSA) is 40.9 Å². The maximum Gasteiger partial charge on any atom is 0.258 e. The van der Waals surface area contributed by atoms with Crippen LogP contribution >= 0.6 is 27.3 Å². The minimum absolute atomic E-state index is 0.00937. The highest BCUT2D eigenvalue weighted by atomic mass is 79.9. The molecule has 7 heteroatoms. The van der Waals surface area contributed by atoms with E-state index < -0.39 is 0 Å². The molecule has 25 heavy (non-hydrogen) atoms. The van der Waals surface area contributed by atoms with Crippen LogP contribution in [-0.2, 0) is 13.1 Å². The maximum absolute atomic E-state index is 12.1. The van der Waals surface area contributed by atoms with E-state index in [0.717, 1.165) is 54.4 Å². The summed E-state index contributed by atoms with van der Waals surface area (Å²) in [6.45, 7) is 5.81. The first-order valence-electron chi connectivity index (χ1n) is 8.32. The van der Waals surface area contributed by atoms with Crippen LogP contribution in [0.1, 0.15) is 11.3 Å². The predicted octanol–water partition coefficient (Wildman–Crippen LogP) is 2.84. The number of nitrogens with zero attached hydrogens (tertiary/aromatic N) is 4. The summed E-state index contributed by atoms with van der Waals surface area (Å²) in [5.74, 6) is 0. The molecule has 0 radical (unpaired) electrons. The Kier molecular flexibility index (Phi) is 4.98. The van der Waals surface area contributed by atoms with Crippen molar-refractivity contribution in [1.29, 1.82) is 0 Å². The lowest BCUT2D eigenvalue weighted by molar-refractivity contribution is 0.121. The molecule has 0 amide bonds. The number of aromatic nitrogens is 2. The van der Waals surface area contributed by atoms with Crippen molar-refractivity contribution in [2.24, 2.45) is 0 Å². The van der Waals surface area contributed by atoms with Gasteiger partial charge in [0.1, 0.15) is 0 Å². The number of piperazine rings is 1. The zero-order valence-electron chi connectivity index (χ0n) is 13.8. The molecule has 0 saturated carbocycles. The minimum atomic E-state index is 0.00937. The molecule has 0 atom stereocenters. The van der Waals surface area contributed by atoms with Crippen LogP contribution in [0.3, 0.4) is 0 Å². The second kappa shape index (κ2) is 7.37. The van der Waals surface area contributed by atoms with Gasteiger partial charge in [0.2, 0.25) is 0 Å². The Hall–Kier alpha value is -1.54. The molecule has 0 unspecified atom stereocenters. The van der Waals surface area contributed by atoms with Gasteiger partial charge in [0, 0.05) is 61.4 Å². The summed E-state index contributed by atoms with van der Waals surface area (Å²) in [4.78, 5) is 22.3. The van der Waals surface area contributed by atoms with Crippen LogP contribution < -0.4 is 5.56 Å². The van der Waals surface area contributed by atoms with Gasteiger partial charge < -0.3 is 0 Å². The van der Waals surface area contributed by atoms with Crippen molar-refractivity contribution in [1.82, 2.24) is 19.2 Å². The smallest absolute Gasteiger partial charge is 0.258 e. The molecule has 1 aliphatic rings. The Morgan fingerprint density at radius 1 is 1.04 bits per heavy atom. The lowest BCUT2D eigenvalue weighted by Gasteiger charge is -2.34. The van der Waals surface area contributed by atoms with Gasteiger partial charge in [0.25, 0.3) is 5.56 Å². The van der Waals surface area contributed by atoms with Gasteiger partial charge in [-0.3, -0.25) is 19.0 Å². The molecule has 4 rings (SSSR count). The van der Waals surface area contributed by atoms with Crippen LogP contribution in [0.25, 0.3) is 4.96 Å². The van der Waals surface area contributed by atoms with Crippen molar-refractivity contribution in [3.05, 3.63) is 68.0 Å². The van der Waals surface area contributed by atoms with Crippen LogP contribution in [0.5, 0.6) is 0 Å². The second-order valence-corrected chi connectivity index (χ2v) is 8.11. The fraction of sp³-hybridized carbons (Fsp3) is 0.333. The lowest BCUT2D eigenvalue weighted by Crippen LogP contribution is -2.45. The van der Waals surface area contributed by atoms with E-state index in [4.69, 9.17) is 0 Å². The Morgan fingerprint density at radius 2 is 1.72 bits per heavy atom. The largest absolute Gasteiger partial charge is 0.297 e. The van der Waals surface area contributed by atoms with Crippen LogP contribution in [0.4, 0.5) is 0 Å². The lowest BCUT2D eigenvalue weighted by atomic mass is 10.2. The molecule has 1 fully saturated rings. The van der Waals surface area contributed by atoms with E-state index in [0.29, 0.717) is 0 Å². The number of halogens is 1. The number of fused-ring (bicyclic) bond motifs is 1. The molecule has 5 nitrogen and oxygen atoms in total. The Labute approximate surface area is 158 Å². The van der Waals surface area contributed by atoms with Gasteiger partial charge in [0.05, 0.1) is 5.69 Å². The molecule has 0 N–H and O–H groups in total. The molecule has 0 aliphatic carbocycles. The second-order valence-electron chi connectivity index (χ2n) is 6.32. The van der Waals surface area contributed by atoms with E-state index >= 15 is 0 Å². The summed E-state index contributed by atoms with van der Waals surface area (Å²) >= 11 is 4.98. The van der Waals surface area contributed by atoms with Crippen LogP contribution in [-0.4, -0.2) is 45.4 Å². The molecule has 3 aromatic rings. The Morgan fingerprint density at radius 3 is 2.44 bits per heavy atom. The average molecular weight is 419 g/mol. The first-order chi connectivity index (χ1) is 12.2. The molecule has 3 heterocycles. The van der Waals surface area contributed by atoms with E-state index in [9.17, 15) is 4.79 Å². The highest BCUT2D eigenvalue weighted by Crippen LogP contribution is 2.14. The summed E-state index contributed by atoms with van der Waals surface area (Å²) in [7, 11) is 0. The summed E-state index contributed by atoms with van der Waals surface area (Å²) < 4.78 is 2.72. The molecule has 2 aromatic heterocycles. The van der Waals surface area contributed by atoms with Gasteiger partial charge in [-0.1, -0.05) is 28.1 Å². The zero-order valence-corrected chi connectivity index (χ0v) is 16.2. The maximum atomic E-state index is 12.1. The highest BCUT2D eigenvalue weighted by molar-refractivity contribution is 9.10. The first kappa shape index (κ1) is 16.9. The van der Waals surface area contributed by atoms with Crippen molar-refractivity contribution < 1.29 is 0 Å². The number of thiazole rings is 1. The third kappa shape index (κ3) is 4.00. The van der Waals surface area contributed by atoms with Crippen LogP contribution in [0, 0.1) is 0 Å². The summed E-state index contributed by atoms with van der Waals surface area (Å²) in [5, 5.41) is 1.90. The molecular formula is C18H19BrN4OS. The first-order valence-corrected chi connectivity index (χ1v) is 9.99. The summed E-state index contributed by atoms with van der Waals surface area (Å²) in [6.07, 6.45) is 1.78. The zero-order chi connectivity index (χ0) is 17.2. The summed E-state index contributed by atoms with van der Waals surface area (Å²) in [5.41, 5.74) is 2.22. The van der Waals surface area contributed by atoms with Crippen molar-refractivity contribution in [3.63, 3.8) is 0 Å². The minimum Gasteiger partial charge on any atom is -0.297 e.